The summed E-state index contributed by atoms with van der Waals surface area (Å²) in [4.78, 5) is 0. The zero-order valence-corrected chi connectivity index (χ0v) is 9.52. The highest BCUT2D eigenvalue weighted by Crippen LogP contribution is 2.15. The van der Waals surface area contributed by atoms with Crippen LogP contribution in [0.3, 0.4) is 0 Å². The van der Waals surface area contributed by atoms with Crippen molar-refractivity contribution in [2.75, 3.05) is 0 Å². The number of rotatable bonds is 3. The third-order valence-electron chi connectivity index (χ3n) is 2.92. The molecule has 0 bridgehead atoms. The Morgan fingerprint density at radius 2 is 1.93 bits per heavy atom. The Hall–Kier alpha value is -1.11. The molecule has 1 rings (SSSR count). The Balaban J connectivity index is 2.97. The van der Waals surface area contributed by atoms with Crippen LogP contribution >= 0.6 is 0 Å². The summed E-state index contributed by atoms with van der Waals surface area (Å²) in [7, 11) is 0. The van der Waals surface area contributed by atoms with Crippen molar-refractivity contribution in [1.82, 2.24) is 0 Å². The molecule has 0 aliphatic carbocycles. The third kappa shape index (κ3) is 2.22. The van der Waals surface area contributed by atoms with Crippen molar-refractivity contribution in [3.05, 3.63) is 34.9 Å². The predicted octanol–water partition coefficient (Wildman–Crippen LogP) is 3.72. The number of hydrogen-bond donors (Lipinski definition) is 1. The fourth-order valence-electron chi connectivity index (χ4n) is 1.40. The lowest BCUT2D eigenvalue weighted by Crippen LogP contribution is -2.10. The van der Waals surface area contributed by atoms with Crippen molar-refractivity contribution < 1.29 is 0 Å². The van der Waals surface area contributed by atoms with Gasteiger partial charge in [0, 0.05) is 5.71 Å². The smallest absolute Gasteiger partial charge is 0.0414 e. The van der Waals surface area contributed by atoms with Crippen molar-refractivity contribution >= 4 is 5.71 Å². The summed E-state index contributed by atoms with van der Waals surface area (Å²) >= 11 is 0. The maximum absolute atomic E-state index is 8.00. The molecular weight excluding hydrogens is 170 g/mol. The molecule has 1 aromatic carbocycles. The van der Waals surface area contributed by atoms with Gasteiger partial charge in [0.2, 0.25) is 0 Å². The largest absolute Gasteiger partial charge is 0.304 e. The van der Waals surface area contributed by atoms with Crippen LogP contribution in [-0.2, 0) is 0 Å². The van der Waals surface area contributed by atoms with Gasteiger partial charge >= 0.3 is 0 Å². The minimum absolute atomic E-state index is 0.358. The summed E-state index contributed by atoms with van der Waals surface area (Å²) < 4.78 is 0. The molecule has 0 aliphatic rings. The minimum Gasteiger partial charge on any atom is -0.304 e. The molecule has 0 amide bonds. The van der Waals surface area contributed by atoms with E-state index in [1.54, 1.807) is 0 Å². The lowest BCUT2D eigenvalue weighted by Gasteiger charge is -2.12. The first-order chi connectivity index (χ1) is 6.56. The van der Waals surface area contributed by atoms with Crippen LogP contribution in [0, 0.1) is 25.2 Å². The topological polar surface area (TPSA) is 23.9 Å². The molecule has 0 radical (unpaired) electrons. The normalized spacial score (nSPS) is 12.6. The van der Waals surface area contributed by atoms with E-state index in [4.69, 9.17) is 5.41 Å². The molecule has 1 atom stereocenters. The van der Waals surface area contributed by atoms with Gasteiger partial charge in [0.25, 0.3) is 0 Å². The van der Waals surface area contributed by atoms with E-state index in [9.17, 15) is 0 Å². The predicted molar refractivity (Wildman–Crippen MR) is 62.2 cm³/mol. The molecule has 1 aromatic rings. The van der Waals surface area contributed by atoms with Gasteiger partial charge in [0.05, 0.1) is 0 Å². The molecule has 1 N–H and O–H groups in total. The second-order valence-electron chi connectivity index (χ2n) is 4.02. The fourth-order valence-corrected chi connectivity index (χ4v) is 1.40. The highest BCUT2D eigenvalue weighted by Gasteiger charge is 2.09. The molecule has 0 heterocycles. The first-order valence-electron chi connectivity index (χ1n) is 5.22. The van der Waals surface area contributed by atoms with E-state index < -0.39 is 0 Å². The molecule has 0 saturated heterocycles. The second-order valence-corrected chi connectivity index (χ2v) is 4.02. The van der Waals surface area contributed by atoms with Crippen LogP contribution < -0.4 is 0 Å². The van der Waals surface area contributed by atoms with Gasteiger partial charge in [0.15, 0.2) is 0 Å². The van der Waals surface area contributed by atoms with Crippen LogP contribution in [0.5, 0.6) is 0 Å². The highest BCUT2D eigenvalue weighted by molar-refractivity contribution is 5.99. The van der Waals surface area contributed by atoms with Gasteiger partial charge < -0.3 is 5.41 Å². The van der Waals surface area contributed by atoms with Crippen LogP contribution in [0.25, 0.3) is 0 Å². The molecule has 0 saturated carbocycles. The van der Waals surface area contributed by atoms with Crippen molar-refractivity contribution in [3.8, 4) is 0 Å². The van der Waals surface area contributed by atoms with E-state index in [0.29, 0.717) is 5.92 Å². The van der Waals surface area contributed by atoms with Gasteiger partial charge in [-0.25, -0.2) is 0 Å². The standard InChI is InChI=1S/C13H19N/c1-5-9(2)13(14)12-7-6-10(3)11(4)8-12/h6-9,14H,5H2,1-4H3. The van der Waals surface area contributed by atoms with E-state index in [-0.39, 0.29) is 0 Å². The van der Waals surface area contributed by atoms with Crippen LogP contribution in [0.1, 0.15) is 37.0 Å². The summed E-state index contributed by atoms with van der Waals surface area (Å²) in [6.45, 7) is 8.44. The van der Waals surface area contributed by atoms with Gasteiger partial charge in [-0.3, -0.25) is 0 Å². The first-order valence-corrected chi connectivity index (χ1v) is 5.22. The minimum atomic E-state index is 0.358. The summed E-state index contributed by atoms with van der Waals surface area (Å²) in [5.74, 6) is 0.358. The monoisotopic (exact) mass is 189 g/mol. The Morgan fingerprint density at radius 1 is 1.29 bits per heavy atom. The number of hydrogen-bond acceptors (Lipinski definition) is 1. The molecule has 0 fully saturated rings. The van der Waals surface area contributed by atoms with E-state index in [2.05, 4.69) is 45.9 Å². The van der Waals surface area contributed by atoms with Crippen LogP contribution in [0.4, 0.5) is 0 Å². The summed E-state index contributed by atoms with van der Waals surface area (Å²) in [6, 6.07) is 6.27. The summed E-state index contributed by atoms with van der Waals surface area (Å²) in [5, 5.41) is 8.00. The van der Waals surface area contributed by atoms with Crippen LogP contribution in [0.2, 0.25) is 0 Å². The van der Waals surface area contributed by atoms with Gasteiger partial charge in [-0.05, 0) is 48.9 Å². The molecule has 1 nitrogen and oxygen atoms in total. The van der Waals surface area contributed by atoms with Crippen molar-refractivity contribution in [1.29, 1.82) is 5.41 Å². The quantitative estimate of drug-likeness (QED) is 0.701. The van der Waals surface area contributed by atoms with Crippen molar-refractivity contribution in [3.63, 3.8) is 0 Å². The van der Waals surface area contributed by atoms with Gasteiger partial charge in [-0.15, -0.1) is 0 Å². The molecule has 1 heteroatoms. The number of benzene rings is 1. The highest BCUT2D eigenvalue weighted by atomic mass is 14.4. The molecule has 14 heavy (non-hydrogen) atoms. The molecule has 0 aromatic heterocycles. The summed E-state index contributed by atoms with van der Waals surface area (Å²) in [5.41, 5.74) is 4.40. The average molecular weight is 189 g/mol. The van der Waals surface area contributed by atoms with Gasteiger partial charge in [-0.2, -0.15) is 0 Å². The molecule has 0 spiro atoms. The van der Waals surface area contributed by atoms with Crippen molar-refractivity contribution in [2.45, 2.75) is 34.1 Å². The zero-order chi connectivity index (χ0) is 10.7. The zero-order valence-electron chi connectivity index (χ0n) is 9.52. The van der Waals surface area contributed by atoms with E-state index in [1.807, 2.05) is 0 Å². The summed E-state index contributed by atoms with van der Waals surface area (Å²) in [6.07, 6.45) is 1.03. The van der Waals surface area contributed by atoms with Gasteiger partial charge in [0.1, 0.15) is 0 Å². The SMILES string of the molecule is CCC(C)C(=N)c1ccc(C)c(C)c1. The Morgan fingerprint density at radius 3 is 2.43 bits per heavy atom. The molecule has 1 unspecified atom stereocenters. The number of aryl methyl sites for hydroxylation is 2. The number of nitrogens with one attached hydrogen (secondary N) is 1. The maximum atomic E-state index is 8.00. The molecule has 0 aliphatic heterocycles. The lowest BCUT2D eigenvalue weighted by molar-refractivity contribution is 0.736. The van der Waals surface area contributed by atoms with E-state index in [1.165, 1.54) is 11.1 Å². The molecular formula is C13H19N. The van der Waals surface area contributed by atoms with Crippen molar-refractivity contribution in [2.24, 2.45) is 5.92 Å². The Kier molecular flexibility index (Phi) is 3.45. The fraction of sp³-hybridized carbons (Fsp3) is 0.462. The third-order valence-corrected chi connectivity index (χ3v) is 2.92. The Labute approximate surface area is 86.7 Å². The first kappa shape index (κ1) is 11.0. The van der Waals surface area contributed by atoms with Crippen LogP contribution in [-0.4, -0.2) is 5.71 Å². The van der Waals surface area contributed by atoms with Gasteiger partial charge in [-0.1, -0.05) is 26.0 Å². The lowest BCUT2D eigenvalue weighted by atomic mass is 9.94. The van der Waals surface area contributed by atoms with E-state index in [0.717, 1.165) is 17.7 Å². The molecule has 76 valence electrons. The maximum Gasteiger partial charge on any atom is 0.0414 e. The van der Waals surface area contributed by atoms with Crippen LogP contribution in [0.15, 0.2) is 18.2 Å². The average Bonchev–Trinajstić information content (AvgIpc) is 2.20. The van der Waals surface area contributed by atoms with E-state index >= 15 is 0 Å². The second kappa shape index (κ2) is 4.41. The Bertz CT molecular complexity index is 339.